The van der Waals surface area contributed by atoms with E-state index in [1.165, 1.54) is 6.42 Å². The minimum Gasteiger partial charge on any atom is -0.366 e. The number of nitrogens with zero attached hydrogens (tertiary/aromatic N) is 4. The van der Waals surface area contributed by atoms with Crippen molar-refractivity contribution in [3.05, 3.63) is 6.20 Å². The Hall–Kier alpha value is -1.39. The molecule has 0 aliphatic heterocycles. The second-order valence-corrected chi connectivity index (χ2v) is 4.37. The highest BCUT2D eigenvalue weighted by Crippen LogP contribution is 2.10. The normalized spacial score (nSPS) is 12.2. The van der Waals surface area contributed by atoms with Crippen LogP contribution in [0.2, 0.25) is 0 Å². The van der Waals surface area contributed by atoms with Crippen LogP contribution in [0.5, 0.6) is 0 Å². The summed E-state index contributed by atoms with van der Waals surface area (Å²) in [6.45, 7) is 7.40. The van der Waals surface area contributed by atoms with E-state index in [0.29, 0.717) is 12.0 Å². The summed E-state index contributed by atoms with van der Waals surface area (Å²) in [6.07, 6.45) is 5.04. The van der Waals surface area contributed by atoms with Gasteiger partial charge in [-0.3, -0.25) is 0 Å². The maximum absolute atomic E-state index is 4.45. The lowest BCUT2D eigenvalue weighted by atomic mass is 10.3. The van der Waals surface area contributed by atoms with Gasteiger partial charge in [0.1, 0.15) is 0 Å². The zero-order valence-corrected chi connectivity index (χ0v) is 11.3. The van der Waals surface area contributed by atoms with Crippen molar-refractivity contribution in [2.24, 2.45) is 0 Å². The van der Waals surface area contributed by atoms with E-state index < -0.39 is 0 Å². The minimum atomic E-state index is 0.403. The van der Waals surface area contributed by atoms with Gasteiger partial charge in [-0.15, -0.1) is 5.10 Å². The fourth-order valence-electron chi connectivity index (χ4n) is 1.38. The SMILES string of the molecule is CCCCN(C)c1nncc(NC(C)CC)n1. The third kappa shape index (κ3) is 4.54. The van der Waals surface area contributed by atoms with Crippen molar-refractivity contribution in [1.82, 2.24) is 15.2 Å². The van der Waals surface area contributed by atoms with E-state index in [0.717, 1.165) is 25.2 Å². The van der Waals surface area contributed by atoms with Gasteiger partial charge in [-0.25, -0.2) is 0 Å². The van der Waals surface area contributed by atoms with E-state index in [4.69, 9.17) is 0 Å². The Morgan fingerprint density at radius 2 is 2.18 bits per heavy atom. The summed E-state index contributed by atoms with van der Waals surface area (Å²) in [5.74, 6) is 1.49. The summed E-state index contributed by atoms with van der Waals surface area (Å²) in [4.78, 5) is 6.49. The van der Waals surface area contributed by atoms with Crippen molar-refractivity contribution in [2.75, 3.05) is 23.8 Å². The Morgan fingerprint density at radius 1 is 1.41 bits per heavy atom. The third-order valence-corrected chi connectivity index (χ3v) is 2.74. The zero-order chi connectivity index (χ0) is 12.7. The molecule has 1 heterocycles. The van der Waals surface area contributed by atoms with Crippen LogP contribution < -0.4 is 10.2 Å². The van der Waals surface area contributed by atoms with Crippen LogP contribution in [0.15, 0.2) is 6.20 Å². The van der Waals surface area contributed by atoms with E-state index in [9.17, 15) is 0 Å². The summed E-state index contributed by atoms with van der Waals surface area (Å²) < 4.78 is 0. The molecule has 0 aliphatic carbocycles. The highest BCUT2D eigenvalue weighted by molar-refractivity contribution is 5.38. The van der Waals surface area contributed by atoms with Crippen LogP contribution >= 0.6 is 0 Å². The number of aromatic nitrogens is 3. The van der Waals surface area contributed by atoms with Gasteiger partial charge in [-0.2, -0.15) is 10.1 Å². The average molecular weight is 237 g/mol. The number of anilines is 2. The lowest BCUT2D eigenvalue weighted by molar-refractivity contribution is 0.731. The smallest absolute Gasteiger partial charge is 0.247 e. The summed E-state index contributed by atoms with van der Waals surface area (Å²) in [5.41, 5.74) is 0. The van der Waals surface area contributed by atoms with Crippen molar-refractivity contribution >= 4 is 11.8 Å². The molecule has 1 aromatic rings. The third-order valence-electron chi connectivity index (χ3n) is 2.74. The number of hydrogen-bond acceptors (Lipinski definition) is 5. The van der Waals surface area contributed by atoms with Crippen molar-refractivity contribution in [2.45, 2.75) is 46.1 Å². The molecule has 17 heavy (non-hydrogen) atoms. The van der Waals surface area contributed by atoms with Crippen LogP contribution in [-0.2, 0) is 0 Å². The fourth-order valence-corrected chi connectivity index (χ4v) is 1.38. The van der Waals surface area contributed by atoms with Crippen molar-refractivity contribution < 1.29 is 0 Å². The molecule has 1 N–H and O–H groups in total. The van der Waals surface area contributed by atoms with Crippen LogP contribution in [0.3, 0.4) is 0 Å². The van der Waals surface area contributed by atoms with Crippen LogP contribution in [0.25, 0.3) is 0 Å². The molecular formula is C12H23N5. The first-order valence-electron chi connectivity index (χ1n) is 6.34. The van der Waals surface area contributed by atoms with E-state index in [-0.39, 0.29) is 0 Å². The predicted octanol–water partition coefficient (Wildman–Crippen LogP) is 2.32. The number of unbranched alkanes of at least 4 members (excludes halogenated alkanes) is 1. The first-order valence-corrected chi connectivity index (χ1v) is 6.34. The molecule has 96 valence electrons. The van der Waals surface area contributed by atoms with Gasteiger partial charge in [0.25, 0.3) is 0 Å². The minimum absolute atomic E-state index is 0.403. The Kier molecular flexibility index (Phi) is 5.66. The van der Waals surface area contributed by atoms with E-state index in [2.05, 4.69) is 41.3 Å². The molecule has 0 radical (unpaired) electrons. The van der Waals surface area contributed by atoms with Crippen LogP contribution in [0.4, 0.5) is 11.8 Å². The highest BCUT2D eigenvalue weighted by Gasteiger charge is 2.07. The van der Waals surface area contributed by atoms with Gasteiger partial charge in [0.15, 0.2) is 5.82 Å². The van der Waals surface area contributed by atoms with Gasteiger partial charge in [0, 0.05) is 19.6 Å². The molecule has 0 saturated heterocycles. The van der Waals surface area contributed by atoms with Gasteiger partial charge >= 0.3 is 0 Å². The number of hydrogen-bond donors (Lipinski definition) is 1. The first-order chi connectivity index (χ1) is 8.17. The molecule has 1 atom stereocenters. The molecule has 1 aromatic heterocycles. The second kappa shape index (κ2) is 7.04. The molecule has 5 nitrogen and oxygen atoms in total. The molecule has 0 fully saturated rings. The lowest BCUT2D eigenvalue weighted by Crippen LogP contribution is -2.22. The average Bonchev–Trinajstić information content (AvgIpc) is 2.36. The molecular weight excluding hydrogens is 214 g/mol. The number of nitrogens with one attached hydrogen (secondary N) is 1. The Balaban J connectivity index is 2.64. The molecule has 5 heteroatoms. The van der Waals surface area contributed by atoms with Crippen molar-refractivity contribution in [3.63, 3.8) is 0 Å². The van der Waals surface area contributed by atoms with Gasteiger partial charge in [-0.1, -0.05) is 20.3 Å². The van der Waals surface area contributed by atoms with E-state index in [1.54, 1.807) is 6.20 Å². The Bertz CT molecular complexity index is 328. The second-order valence-electron chi connectivity index (χ2n) is 4.37. The lowest BCUT2D eigenvalue weighted by Gasteiger charge is -2.17. The standard InChI is InChI=1S/C12H23N5/c1-5-7-8-17(4)12-15-11(9-13-16-12)14-10(3)6-2/h9-10H,5-8H2,1-4H3,(H,14,15,16). The molecule has 1 rings (SSSR count). The Labute approximate surface area is 104 Å². The molecule has 0 amide bonds. The van der Waals surface area contributed by atoms with Crippen LogP contribution in [0, 0.1) is 0 Å². The predicted molar refractivity (Wildman–Crippen MR) is 71.4 cm³/mol. The monoisotopic (exact) mass is 237 g/mol. The fraction of sp³-hybridized carbons (Fsp3) is 0.750. The summed E-state index contributed by atoms with van der Waals surface area (Å²) in [6, 6.07) is 0.403. The summed E-state index contributed by atoms with van der Waals surface area (Å²) in [5, 5.41) is 11.3. The summed E-state index contributed by atoms with van der Waals surface area (Å²) in [7, 11) is 2.00. The molecule has 0 aliphatic rings. The van der Waals surface area contributed by atoms with Gasteiger partial charge in [0.2, 0.25) is 5.95 Å². The summed E-state index contributed by atoms with van der Waals surface area (Å²) >= 11 is 0. The van der Waals surface area contributed by atoms with Gasteiger partial charge < -0.3 is 10.2 Å². The maximum Gasteiger partial charge on any atom is 0.247 e. The highest BCUT2D eigenvalue weighted by atomic mass is 15.3. The van der Waals surface area contributed by atoms with Gasteiger partial charge in [0.05, 0.1) is 6.20 Å². The topological polar surface area (TPSA) is 53.9 Å². The quantitative estimate of drug-likeness (QED) is 0.788. The largest absolute Gasteiger partial charge is 0.366 e. The molecule has 0 aromatic carbocycles. The van der Waals surface area contributed by atoms with Crippen molar-refractivity contribution in [3.8, 4) is 0 Å². The van der Waals surface area contributed by atoms with E-state index >= 15 is 0 Å². The van der Waals surface area contributed by atoms with Crippen LogP contribution in [0.1, 0.15) is 40.0 Å². The molecule has 0 bridgehead atoms. The maximum atomic E-state index is 4.45. The van der Waals surface area contributed by atoms with Crippen LogP contribution in [-0.4, -0.2) is 34.8 Å². The zero-order valence-electron chi connectivity index (χ0n) is 11.3. The molecule has 0 spiro atoms. The first kappa shape index (κ1) is 13.7. The Morgan fingerprint density at radius 3 is 2.82 bits per heavy atom. The van der Waals surface area contributed by atoms with Crippen molar-refractivity contribution in [1.29, 1.82) is 0 Å². The van der Waals surface area contributed by atoms with E-state index in [1.807, 2.05) is 11.9 Å². The molecule has 0 saturated carbocycles. The number of rotatable bonds is 7. The molecule has 1 unspecified atom stereocenters. The van der Waals surface area contributed by atoms with Gasteiger partial charge in [-0.05, 0) is 19.8 Å².